The number of benzene rings is 2. The fourth-order valence-corrected chi connectivity index (χ4v) is 3.49. The molecule has 0 spiro atoms. The van der Waals surface area contributed by atoms with E-state index in [1.807, 2.05) is 45.0 Å². The van der Waals surface area contributed by atoms with Crippen LogP contribution in [0.4, 0.5) is 4.79 Å². The number of esters is 1. The maximum Gasteiger partial charge on any atom is 0.410 e. The molecule has 1 aliphatic rings. The zero-order valence-corrected chi connectivity index (χ0v) is 18.2. The number of carbonyl (C=O) groups is 3. The van der Waals surface area contributed by atoms with Crippen LogP contribution in [-0.2, 0) is 14.3 Å². The number of hydrogen-bond acceptors (Lipinski definition) is 5. The van der Waals surface area contributed by atoms with Gasteiger partial charge in [-0.1, -0.05) is 60.7 Å². The molecule has 31 heavy (non-hydrogen) atoms. The van der Waals surface area contributed by atoms with E-state index in [0.717, 1.165) is 0 Å². The van der Waals surface area contributed by atoms with Gasteiger partial charge < -0.3 is 14.4 Å². The minimum absolute atomic E-state index is 0.258. The Morgan fingerprint density at radius 2 is 1.45 bits per heavy atom. The zero-order chi connectivity index (χ0) is 22.4. The van der Waals surface area contributed by atoms with Gasteiger partial charge in [-0.15, -0.1) is 0 Å². The fourth-order valence-electron chi connectivity index (χ4n) is 3.49. The number of nitrogens with zero attached hydrogens (tertiary/aromatic N) is 1. The average Bonchev–Trinajstić information content (AvgIpc) is 2.77. The third kappa shape index (κ3) is 6.17. The summed E-state index contributed by atoms with van der Waals surface area (Å²) in [5.74, 6) is -1.04. The molecule has 1 fully saturated rings. The summed E-state index contributed by atoms with van der Waals surface area (Å²) in [5, 5.41) is 0. The molecule has 164 valence electrons. The standard InChI is InChI=1S/C25H29NO5/c1-25(2,3)31-24(29)26-16-14-20(15-17-26)23(28)30-22(19-12-8-5-9-13-19)21(27)18-10-6-4-7-11-18/h4-13,20,22H,14-17H2,1-3H3. The maximum atomic E-state index is 13.1. The zero-order valence-electron chi connectivity index (χ0n) is 18.2. The number of Topliss-reactive ketones (excluding diaryl/α,β-unsaturated/α-hetero) is 1. The highest BCUT2D eigenvalue weighted by Crippen LogP contribution is 2.27. The normalized spacial score (nSPS) is 15.8. The van der Waals surface area contributed by atoms with Crippen LogP contribution in [-0.4, -0.2) is 41.4 Å². The number of hydrogen-bond donors (Lipinski definition) is 0. The van der Waals surface area contributed by atoms with Gasteiger partial charge in [-0.05, 0) is 33.6 Å². The van der Waals surface area contributed by atoms with Gasteiger partial charge in [0.25, 0.3) is 0 Å². The SMILES string of the molecule is CC(C)(C)OC(=O)N1CCC(C(=O)OC(C(=O)c2ccccc2)c2ccccc2)CC1. The van der Waals surface area contributed by atoms with Gasteiger partial charge in [-0.2, -0.15) is 0 Å². The molecule has 3 rings (SSSR count). The molecule has 1 atom stereocenters. The van der Waals surface area contributed by atoms with Crippen LogP contribution >= 0.6 is 0 Å². The van der Waals surface area contributed by atoms with Crippen LogP contribution in [0, 0.1) is 5.92 Å². The van der Waals surface area contributed by atoms with E-state index in [4.69, 9.17) is 9.47 Å². The monoisotopic (exact) mass is 423 g/mol. The summed E-state index contributed by atoms with van der Waals surface area (Å²) in [6.07, 6.45) is -0.432. The summed E-state index contributed by atoms with van der Waals surface area (Å²) >= 11 is 0. The highest BCUT2D eigenvalue weighted by atomic mass is 16.6. The smallest absolute Gasteiger partial charge is 0.410 e. The Balaban J connectivity index is 1.66. The lowest BCUT2D eigenvalue weighted by molar-refractivity contribution is -0.154. The van der Waals surface area contributed by atoms with E-state index in [1.165, 1.54) is 0 Å². The van der Waals surface area contributed by atoms with Crippen LogP contribution in [0.25, 0.3) is 0 Å². The van der Waals surface area contributed by atoms with Crippen molar-refractivity contribution in [3.63, 3.8) is 0 Å². The molecule has 1 heterocycles. The van der Waals surface area contributed by atoms with Crippen molar-refractivity contribution in [1.82, 2.24) is 4.90 Å². The Morgan fingerprint density at radius 3 is 2.00 bits per heavy atom. The molecule has 0 aromatic heterocycles. The molecule has 0 aliphatic carbocycles. The van der Waals surface area contributed by atoms with Gasteiger partial charge in [0.15, 0.2) is 6.10 Å². The molecule has 6 nitrogen and oxygen atoms in total. The summed E-state index contributed by atoms with van der Waals surface area (Å²) in [5.41, 5.74) is 0.563. The van der Waals surface area contributed by atoms with E-state index in [9.17, 15) is 14.4 Å². The van der Waals surface area contributed by atoms with Crippen molar-refractivity contribution in [2.75, 3.05) is 13.1 Å². The second-order valence-corrected chi connectivity index (χ2v) is 8.70. The molecule has 1 amide bonds. The van der Waals surface area contributed by atoms with Gasteiger partial charge in [-0.3, -0.25) is 9.59 Å². The highest BCUT2D eigenvalue weighted by Gasteiger charge is 2.34. The van der Waals surface area contributed by atoms with Gasteiger partial charge in [0.05, 0.1) is 5.92 Å². The lowest BCUT2D eigenvalue weighted by Gasteiger charge is -2.33. The van der Waals surface area contributed by atoms with Crippen LogP contribution < -0.4 is 0 Å². The molecule has 2 aromatic rings. The molecule has 1 aliphatic heterocycles. The van der Waals surface area contributed by atoms with E-state index >= 15 is 0 Å². The largest absolute Gasteiger partial charge is 0.449 e. The predicted molar refractivity (Wildman–Crippen MR) is 117 cm³/mol. The minimum atomic E-state index is -1.00. The van der Waals surface area contributed by atoms with Crippen LogP contribution in [0.2, 0.25) is 0 Å². The van der Waals surface area contributed by atoms with Crippen LogP contribution in [0.5, 0.6) is 0 Å². The fraction of sp³-hybridized carbons (Fsp3) is 0.400. The Labute approximate surface area is 183 Å². The van der Waals surface area contributed by atoms with E-state index in [2.05, 4.69) is 0 Å². The minimum Gasteiger partial charge on any atom is -0.449 e. The first-order valence-corrected chi connectivity index (χ1v) is 10.6. The third-order valence-electron chi connectivity index (χ3n) is 5.11. The number of piperidine rings is 1. The maximum absolute atomic E-state index is 13.1. The third-order valence-corrected chi connectivity index (χ3v) is 5.11. The number of rotatable bonds is 5. The number of carbonyl (C=O) groups excluding carboxylic acids is 3. The van der Waals surface area contributed by atoms with Gasteiger partial charge >= 0.3 is 12.1 Å². The number of ether oxygens (including phenoxy) is 2. The van der Waals surface area contributed by atoms with Crippen molar-refractivity contribution in [2.45, 2.75) is 45.3 Å². The molecule has 0 radical (unpaired) electrons. The van der Waals surface area contributed by atoms with Crippen molar-refractivity contribution in [1.29, 1.82) is 0 Å². The molecular weight excluding hydrogens is 394 g/mol. The predicted octanol–water partition coefficient (Wildman–Crippen LogP) is 4.80. The Hall–Kier alpha value is -3.15. The van der Waals surface area contributed by atoms with Crippen molar-refractivity contribution in [3.05, 3.63) is 71.8 Å². The number of likely N-dealkylation sites (tertiary alicyclic amines) is 1. The first-order chi connectivity index (χ1) is 14.7. The van der Waals surface area contributed by atoms with E-state index < -0.39 is 17.7 Å². The molecule has 1 saturated heterocycles. The van der Waals surface area contributed by atoms with Crippen LogP contribution in [0.15, 0.2) is 60.7 Å². The van der Waals surface area contributed by atoms with E-state index in [0.29, 0.717) is 37.1 Å². The molecule has 2 aromatic carbocycles. The van der Waals surface area contributed by atoms with E-state index in [1.54, 1.807) is 41.3 Å². The van der Waals surface area contributed by atoms with Crippen LogP contribution in [0.1, 0.15) is 55.6 Å². The quantitative estimate of drug-likeness (QED) is 0.510. The highest BCUT2D eigenvalue weighted by molar-refractivity contribution is 6.01. The summed E-state index contributed by atoms with van der Waals surface area (Å²) in [4.78, 5) is 39.9. The van der Waals surface area contributed by atoms with Gasteiger partial charge in [-0.25, -0.2) is 4.79 Å². The summed E-state index contributed by atoms with van der Waals surface area (Å²) in [6, 6.07) is 17.9. The average molecular weight is 424 g/mol. The van der Waals surface area contributed by atoms with Crippen molar-refractivity contribution in [3.8, 4) is 0 Å². The summed E-state index contributed by atoms with van der Waals surface area (Å²) < 4.78 is 11.1. The van der Waals surface area contributed by atoms with Gasteiger partial charge in [0.1, 0.15) is 5.60 Å². The van der Waals surface area contributed by atoms with Crippen molar-refractivity contribution >= 4 is 17.8 Å². The summed E-state index contributed by atoms with van der Waals surface area (Å²) in [6.45, 7) is 6.29. The molecule has 0 bridgehead atoms. The second kappa shape index (κ2) is 9.77. The lowest BCUT2D eigenvalue weighted by atomic mass is 9.96. The Morgan fingerprint density at radius 1 is 0.903 bits per heavy atom. The molecule has 6 heteroatoms. The lowest BCUT2D eigenvalue weighted by Crippen LogP contribution is -2.43. The van der Waals surface area contributed by atoms with Gasteiger partial charge in [0.2, 0.25) is 5.78 Å². The second-order valence-electron chi connectivity index (χ2n) is 8.70. The molecule has 0 N–H and O–H groups in total. The molecule has 1 unspecified atom stereocenters. The van der Waals surface area contributed by atoms with Gasteiger partial charge in [0, 0.05) is 24.2 Å². The Kier molecular flexibility index (Phi) is 7.10. The number of amides is 1. The summed E-state index contributed by atoms with van der Waals surface area (Å²) in [7, 11) is 0. The Bertz CT molecular complexity index is 897. The van der Waals surface area contributed by atoms with E-state index in [-0.39, 0.29) is 17.8 Å². The number of ketones is 1. The first-order valence-electron chi connectivity index (χ1n) is 10.6. The first kappa shape index (κ1) is 22.5. The molecule has 0 saturated carbocycles. The topological polar surface area (TPSA) is 72.9 Å². The molecular formula is C25H29NO5. The van der Waals surface area contributed by atoms with Crippen LogP contribution in [0.3, 0.4) is 0 Å². The van der Waals surface area contributed by atoms with Crippen molar-refractivity contribution < 1.29 is 23.9 Å². The van der Waals surface area contributed by atoms with Crippen molar-refractivity contribution in [2.24, 2.45) is 5.92 Å².